The maximum Gasteiger partial charge on any atom is 0.149 e. The van der Waals surface area contributed by atoms with Gasteiger partial charge in [0.05, 0.1) is 0 Å². The number of aryl methyl sites for hydroxylation is 1. The van der Waals surface area contributed by atoms with Crippen LogP contribution in [0.25, 0.3) is 0 Å². The number of para-hydroxylation sites is 1. The van der Waals surface area contributed by atoms with Gasteiger partial charge in [-0.25, -0.2) is 0 Å². The lowest BCUT2D eigenvalue weighted by Crippen LogP contribution is -2.36. The lowest BCUT2D eigenvalue weighted by atomic mass is 10.2. The third-order valence-corrected chi connectivity index (χ3v) is 2.72. The summed E-state index contributed by atoms with van der Waals surface area (Å²) in [6, 6.07) is 8.14. The van der Waals surface area contributed by atoms with Crippen molar-refractivity contribution >= 4 is 0 Å². The summed E-state index contributed by atoms with van der Waals surface area (Å²) in [5.41, 5.74) is 1.19. The van der Waals surface area contributed by atoms with Crippen molar-refractivity contribution in [3.05, 3.63) is 29.8 Å². The van der Waals surface area contributed by atoms with Crippen LogP contribution >= 0.6 is 0 Å². The van der Waals surface area contributed by atoms with E-state index < -0.39 is 0 Å². The van der Waals surface area contributed by atoms with Crippen molar-refractivity contribution in [1.29, 1.82) is 0 Å². The van der Waals surface area contributed by atoms with Crippen molar-refractivity contribution in [3.63, 3.8) is 0 Å². The summed E-state index contributed by atoms with van der Waals surface area (Å²) in [6.07, 6.45) is 0.140. The molecule has 1 atom stereocenters. The summed E-state index contributed by atoms with van der Waals surface area (Å²) in [4.78, 5) is 2.28. The van der Waals surface area contributed by atoms with E-state index in [2.05, 4.69) is 38.7 Å². The van der Waals surface area contributed by atoms with Gasteiger partial charge in [0.15, 0.2) is 0 Å². The zero-order chi connectivity index (χ0) is 11.3. The molecule has 2 heteroatoms. The van der Waals surface area contributed by atoms with E-state index in [9.17, 15) is 0 Å². The van der Waals surface area contributed by atoms with Gasteiger partial charge in [0.2, 0.25) is 0 Å². The largest absolute Gasteiger partial charge is 0.475 e. The second-order valence-corrected chi connectivity index (χ2v) is 3.70. The number of benzene rings is 1. The lowest BCUT2D eigenvalue weighted by Gasteiger charge is -2.27. The number of hydrogen-bond acceptors (Lipinski definition) is 2. The molecule has 2 nitrogen and oxygen atoms in total. The van der Waals surface area contributed by atoms with Crippen molar-refractivity contribution < 1.29 is 4.74 Å². The molecule has 0 heterocycles. The second-order valence-electron chi connectivity index (χ2n) is 3.70. The average Bonchev–Trinajstić information content (AvgIpc) is 2.23. The maximum atomic E-state index is 5.91. The van der Waals surface area contributed by atoms with Gasteiger partial charge in [-0.05, 0) is 38.6 Å². The van der Waals surface area contributed by atoms with Crippen LogP contribution in [0.2, 0.25) is 0 Å². The van der Waals surface area contributed by atoms with Gasteiger partial charge < -0.3 is 4.74 Å². The molecule has 1 unspecified atom stereocenters. The third-order valence-electron chi connectivity index (χ3n) is 2.72. The van der Waals surface area contributed by atoms with Gasteiger partial charge in [0.25, 0.3) is 0 Å². The second kappa shape index (κ2) is 5.76. The van der Waals surface area contributed by atoms with E-state index in [1.807, 2.05) is 18.2 Å². The summed E-state index contributed by atoms with van der Waals surface area (Å²) < 4.78 is 5.91. The van der Waals surface area contributed by atoms with Crippen molar-refractivity contribution in [2.24, 2.45) is 0 Å². The summed E-state index contributed by atoms with van der Waals surface area (Å²) in [7, 11) is 0. The molecular formula is C13H21NO. The quantitative estimate of drug-likeness (QED) is 0.688. The highest BCUT2D eigenvalue weighted by molar-refractivity contribution is 5.31. The number of ether oxygens (including phenoxy) is 1. The molecule has 1 rings (SSSR count). The molecule has 0 fully saturated rings. The van der Waals surface area contributed by atoms with Gasteiger partial charge in [-0.1, -0.05) is 32.0 Å². The van der Waals surface area contributed by atoms with Crippen LogP contribution in [0.5, 0.6) is 5.75 Å². The zero-order valence-corrected chi connectivity index (χ0v) is 10.2. The molecule has 0 saturated heterocycles. The molecule has 84 valence electrons. The summed E-state index contributed by atoms with van der Waals surface area (Å²) in [5, 5.41) is 0. The topological polar surface area (TPSA) is 12.5 Å². The fourth-order valence-corrected chi connectivity index (χ4v) is 1.68. The molecule has 0 aliphatic heterocycles. The van der Waals surface area contributed by atoms with Crippen LogP contribution in [0.1, 0.15) is 26.3 Å². The maximum absolute atomic E-state index is 5.91. The van der Waals surface area contributed by atoms with Crippen molar-refractivity contribution in [3.8, 4) is 5.75 Å². The fourth-order valence-electron chi connectivity index (χ4n) is 1.68. The van der Waals surface area contributed by atoms with Gasteiger partial charge in [-0.15, -0.1) is 0 Å². The Labute approximate surface area is 92.9 Å². The fraction of sp³-hybridized carbons (Fsp3) is 0.538. The van der Waals surface area contributed by atoms with E-state index in [-0.39, 0.29) is 6.23 Å². The minimum absolute atomic E-state index is 0.140. The van der Waals surface area contributed by atoms with Gasteiger partial charge in [0, 0.05) is 0 Å². The molecule has 0 saturated carbocycles. The molecule has 0 aliphatic rings. The molecule has 1 aromatic rings. The van der Waals surface area contributed by atoms with Crippen LogP contribution in [0.15, 0.2) is 24.3 Å². The molecule has 15 heavy (non-hydrogen) atoms. The first-order chi connectivity index (χ1) is 7.19. The van der Waals surface area contributed by atoms with Crippen LogP contribution < -0.4 is 4.74 Å². The van der Waals surface area contributed by atoms with Gasteiger partial charge in [0.1, 0.15) is 12.0 Å². The van der Waals surface area contributed by atoms with E-state index in [0.29, 0.717) is 0 Å². The van der Waals surface area contributed by atoms with Crippen LogP contribution in [-0.2, 0) is 0 Å². The predicted molar refractivity (Wildman–Crippen MR) is 64.2 cm³/mol. The first-order valence-electron chi connectivity index (χ1n) is 5.65. The van der Waals surface area contributed by atoms with E-state index in [4.69, 9.17) is 4.74 Å². The number of nitrogens with zero attached hydrogens (tertiary/aromatic N) is 1. The SMILES string of the molecule is CCN(CC)C(C)Oc1ccccc1C. The van der Waals surface area contributed by atoms with Crippen molar-refractivity contribution in [2.75, 3.05) is 13.1 Å². The normalized spacial score (nSPS) is 12.9. The van der Waals surface area contributed by atoms with E-state index in [1.54, 1.807) is 0 Å². The molecule has 0 aromatic heterocycles. The van der Waals surface area contributed by atoms with Gasteiger partial charge >= 0.3 is 0 Å². The molecule has 0 spiro atoms. The first-order valence-corrected chi connectivity index (χ1v) is 5.65. The van der Waals surface area contributed by atoms with Crippen LogP contribution in [0.4, 0.5) is 0 Å². The van der Waals surface area contributed by atoms with E-state index >= 15 is 0 Å². The number of rotatable bonds is 5. The molecule has 0 radical (unpaired) electrons. The van der Waals surface area contributed by atoms with Crippen LogP contribution in [0.3, 0.4) is 0 Å². The van der Waals surface area contributed by atoms with Crippen molar-refractivity contribution in [1.82, 2.24) is 4.90 Å². The summed E-state index contributed by atoms with van der Waals surface area (Å²) in [5.74, 6) is 0.983. The molecule has 0 aliphatic carbocycles. The first kappa shape index (κ1) is 12.1. The van der Waals surface area contributed by atoms with Crippen molar-refractivity contribution in [2.45, 2.75) is 33.9 Å². The van der Waals surface area contributed by atoms with Gasteiger partial charge in [-0.3, -0.25) is 4.90 Å². The van der Waals surface area contributed by atoms with E-state index in [0.717, 1.165) is 18.8 Å². The summed E-state index contributed by atoms with van der Waals surface area (Å²) in [6.45, 7) is 10.5. The zero-order valence-electron chi connectivity index (χ0n) is 10.2. The van der Waals surface area contributed by atoms with Gasteiger partial charge in [-0.2, -0.15) is 0 Å². The highest BCUT2D eigenvalue weighted by Crippen LogP contribution is 2.18. The Morgan fingerprint density at radius 2 is 1.80 bits per heavy atom. The standard InChI is InChI=1S/C13H21NO/c1-5-14(6-2)12(4)15-13-10-8-7-9-11(13)3/h7-10,12H,5-6H2,1-4H3. The smallest absolute Gasteiger partial charge is 0.149 e. The predicted octanol–water partition coefficient (Wildman–Crippen LogP) is 3.06. The molecule has 1 aromatic carbocycles. The Morgan fingerprint density at radius 3 is 2.33 bits per heavy atom. The Morgan fingerprint density at radius 1 is 1.20 bits per heavy atom. The third kappa shape index (κ3) is 3.24. The monoisotopic (exact) mass is 207 g/mol. The Balaban J connectivity index is 2.65. The Bertz CT molecular complexity index is 294. The summed E-state index contributed by atoms with van der Waals surface area (Å²) >= 11 is 0. The molecule has 0 amide bonds. The van der Waals surface area contributed by atoms with Crippen LogP contribution in [-0.4, -0.2) is 24.2 Å². The van der Waals surface area contributed by atoms with Crippen LogP contribution in [0, 0.1) is 6.92 Å². The number of hydrogen-bond donors (Lipinski definition) is 0. The Kier molecular flexibility index (Phi) is 4.63. The highest BCUT2D eigenvalue weighted by atomic mass is 16.5. The van der Waals surface area contributed by atoms with E-state index in [1.165, 1.54) is 5.56 Å². The Hall–Kier alpha value is -1.02. The lowest BCUT2D eigenvalue weighted by molar-refractivity contribution is 0.0475. The average molecular weight is 207 g/mol. The molecule has 0 N–H and O–H groups in total. The highest BCUT2D eigenvalue weighted by Gasteiger charge is 2.11. The molecule has 0 bridgehead atoms. The molecular weight excluding hydrogens is 186 g/mol. The minimum atomic E-state index is 0.140. The minimum Gasteiger partial charge on any atom is -0.475 e.